The molecule has 0 bridgehead atoms. The summed E-state index contributed by atoms with van der Waals surface area (Å²) < 4.78 is 34.0. The van der Waals surface area contributed by atoms with Gasteiger partial charge in [0.25, 0.3) is 0 Å². The number of sulfonamides is 1. The van der Waals surface area contributed by atoms with Crippen LogP contribution in [-0.4, -0.2) is 23.1 Å². The largest absolute Gasteiger partial charge is 0.337 e. The summed E-state index contributed by atoms with van der Waals surface area (Å²) in [4.78, 5) is 15.8. The fourth-order valence-corrected chi connectivity index (χ4v) is 3.52. The molecule has 0 radical (unpaired) electrons. The van der Waals surface area contributed by atoms with E-state index >= 15 is 0 Å². The highest BCUT2D eigenvalue weighted by molar-refractivity contribution is 7.89. The number of aryl methyl sites for hydroxylation is 2. The molecule has 0 unspecified atom stereocenters. The summed E-state index contributed by atoms with van der Waals surface area (Å²) in [5.41, 5.74) is 1.41. The number of pyridine rings is 1. The van der Waals surface area contributed by atoms with Crippen molar-refractivity contribution in [2.45, 2.75) is 24.8 Å². The lowest BCUT2D eigenvalue weighted by molar-refractivity contribution is 0.354. The van der Waals surface area contributed by atoms with Crippen molar-refractivity contribution in [2.75, 3.05) is 0 Å². The summed E-state index contributed by atoms with van der Waals surface area (Å²) in [7, 11) is -2.10. The van der Waals surface area contributed by atoms with Crippen molar-refractivity contribution in [2.24, 2.45) is 7.05 Å². The monoisotopic (exact) mass is 374 g/mol. The topological polar surface area (TPSA) is 107 Å². The first-order valence-electron chi connectivity index (χ1n) is 7.86. The summed E-state index contributed by atoms with van der Waals surface area (Å²) in [6, 6.07) is 8.79. The molecule has 0 saturated heterocycles. The van der Waals surface area contributed by atoms with Gasteiger partial charge in [0.1, 0.15) is 0 Å². The molecule has 0 saturated carbocycles. The Kier molecular flexibility index (Phi) is 4.75. The van der Waals surface area contributed by atoms with E-state index in [0.29, 0.717) is 5.56 Å². The van der Waals surface area contributed by atoms with Crippen LogP contribution in [0, 0.1) is 6.92 Å². The molecule has 0 aliphatic rings. The van der Waals surface area contributed by atoms with Crippen LogP contribution in [0.15, 0.2) is 56.8 Å². The molecule has 2 aromatic heterocycles. The van der Waals surface area contributed by atoms with Gasteiger partial charge in [0.05, 0.1) is 10.9 Å². The molecule has 136 valence electrons. The molecule has 1 aromatic carbocycles. The Morgan fingerprint density at radius 1 is 1.15 bits per heavy atom. The molecule has 0 amide bonds. The summed E-state index contributed by atoms with van der Waals surface area (Å²) in [5.74, 6) is 0.404. The van der Waals surface area contributed by atoms with E-state index in [-0.39, 0.29) is 22.2 Å². The fraction of sp³-hybridized carbons (Fsp3) is 0.235. The van der Waals surface area contributed by atoms with Gasteiger partial charge in [0.15, 0.2) is 0 Å². The molecular weight excluding hydrogens is 356 g/mol. The van der Waals surface area contributed by atoms with E-state index in [1.807, 2.05) is 6.92 Å². The zero-order valence-electron chi connectivity index (χ0n) is 14.5. The average Bonchev–Trinajstić information content (AvgIpc) is 3.07. The van der Waals surface area contributed by atoms with Crippen LogP contribution in [0.3, 0.4) is 0 Å². The SMILES string of the molecule is Cc1ccc(S(=O)(=O)N[C@H](C)c2nc(-c3ccc(=O)n(C)c3)no2)cc1. The lowest BCUT2D eigenvalue weighted by Crippen LogP contribution is -2.27. The minimum Gasteiger partial charge on any atom is -0.337 e. The van der Waals surface area contributed by atoms with Crippen LogP contribution in [0.4, 0.5) is 0 Å². The van der Waals surface area contributed by atoms with Gasteiger partial charge in [-0.2, -0.15) is 9.71 Å². The lowest BCUT2D eigenvalue weighted by Gasteiger charge is -2.10. The summed E-state index contributed by atoms with van der Waals surface area (Å²) in [5, 5.41) is 3.86. The molecule has 3 aromatic rings. The maximum absolute atomic E-state index is 12.4. The zero-order valence-corrected chi connectivity index (χ0v) is 15.3. The number of rotatable bonds is 5. The number of hydrogen-bond donors (Lipinski definition) is 1. The van der Waals surface area contributed by atoms with Crippen molar-refractivity contribution in [1.82, 2.24) is 19.4 Å². The van der Waals surface area contributed by atoms with E-state index in [9.17, 15) is 13.2 Å². The summed E-state index contributed by atoms with van der Waals surface area (Å²) in [6.45, 7) is 3.50. The molecule has 0 aliphatic carbocycles. The Hall–Kier alpha value is -2.78. The van der Waals surface area contributed by atoms with Crippen LogP contribution < -0.4 is 10.3 Å². The highest BCUT2D eigenvalue weighted by atomic mass is 32.2. The summed E-state index contributed by atoms with van der Waals surface area (Å²) in [6.07, 6.45) is 1.58. The van der Waals surface area contributed by atoms with Gasteiger partial charge in [-0.05, 0) is 32.0 Å². The van der Waals surface area contributed by atoms with Crippen molar-refractivity contribution in [3.63, 3.8) is 0 Å². The third-order valence-corrected chi connectivity index (χ3v) is 5.38. The Balaban J connectivity index is 1.81. The average molecular weight is 374 g/mol. The van der Waals surface area contributed by atoms with Gasteiger partial charge >= 0.3 is 0 Å². The van der Waals surface area contributed by atoms with E-state index < -0.39 is 16.1 Å². The molecule has 1 atom stereocenters. The molecule has 9 heteroatoms. The normalized spacial score (nSPS) is 12.9. The Morgan fingerprint density at radius 2 is 1.85 bits per heavy atom. The second kappa shape index (κ2) is 6.85. The number of hydrogen-bond acceptors (Lipinski definition) is 6. The van der Waals surface area contributed by atoms with Crippen molar-refractivity contribution in [1.29, 1.82) is 0 Å². The molecule has 3 rings (SSSR count). The molecule has 26 heavy (non-hydrogen) atoms. The smallest absolute Gasteiger partial charge is 0.250 e. The Labute approximate surface area is 150 Å². The van der Waals surface area contributed by atoms with Crippen molar-refractivity contribution in [3.8, 4) is 11.4 Å². The maximum atomic E-state index is 12.4. The van der Waals surface area contributed by atoms with Gasteiger partial charge in [-0.15, -0.1) is 0 Å². The van der Waals surface area contributed by atoms with Gasteiger partial charge in [-0.25, -0.2) is 8.42 Å². The lowest BCUT2D eigenvalue weighted by atomic mass is 10.2. The van der Waals surface area contributed by atoms with E-state index in [1.54, 1.807) is 38.4 Å². The molecule has 8 nitrogen and oxygen atoms in total. The number of nitrogens with zero attached hydrogens (tertiary/aromatic N) is 3. The maximum Gasteiger partial charge on any atom is 0.250 e. The molecule has 0 spiro atoms. The van der Waals surface area contributed by atoms with Crippen LogP contribution >= 0.6 is 0 Å². The van der Waals surface area contributed by atoms with Crippen LogP contribution in [0.2, 0.25) is 0 Å². The fourth-order valence-electron chi connectivity index (χ4n) is 2.32. The van der Waals surface area contributed by atoms with E-state index in [1.165, 1.54) is 22.8 Å². The van der Waals surface area contributed by atoms with Gasteiger partial charge in [0, 0.05) is 24.9 Å². The quantitative estimate of drug-likeness (QED) is 0.729. The van der Waals surface area contributed by atoms with Crippen LogP contribution in [0.25, 0.3) is 11.4 Å². The van der Waals surface area contributed by atoms with Gasteiger partial charge in [0.2, 0.25) is 27.3 Å². The molecule has 2 heterocycles. The second-order valence-electron chi connectivity index (χ2n) is 5.98. The van der Waals surface area contributed by atoms with Crippen LogP contribution in [0.5, 0.6) is 0 Å². The Bertz CT molecular complexity index is 1080. The third-order valence-electron chi connectivity index (χ3n) is 3.82. The molecule has 0 aliphatic heterocycles. The van der Waals surface area contributed by atoms with Crippen molar-refractivity contribution >= 4 is 10.0 Å². The standard InChI is InChI=1S/C17H18N4O4S/c1-11-4-7-14(8-5-11)26(23,24)20-12(2)17-18-16(19-25-17)13-6-9-15(22)21(3)10-13/h4-10,12,20H,1-3H3/t12-/m1/s1. The van der Waals surface area contributed by atoms with Gasteiger partial charge in [-0.3, -0.25) is 4.79 Å². The van der Waals surface area contributed by atoms with Crippen molar-refractivity contribution in [3.05, 3.63) is 64.4 Å². The number of nitrogens with one attached hydrogen (secondary N) is 1. The first kappa shape index (κ1) is 18.0. The predicted molar refractivity (Wildman–Crippen MR) is 94.9 cm³/mol. The predicted octanol–water partition coefficient (Wildman–Crippen LogP) is 1.78. The Morgan fingerprint density at radius 3 is 2.50 bits per heavy atom. The minimum absolute atomic E-state index is 0.129. The second-order valence-corrected chi connectivity index (χ2v) is 7.69. The van der Waals surface area contributed by atoms with E-state index in [4.69, 9.17) is 4.52 Å². The minimum atomic E-state index is -3.72. The van der Waals surface area contributed by atoms with Gasteiger partial charge in [-0.1, -0.05) is 22.9 Å². The first-order valence-corrected chi connectivity index (χ1v) is 9.34. The van der Waals surface area contributed by atoms with E-state index in [0.717, 1.165) is 5.56 Å². The highest BCUT2D eigenvalue weighted by Gasteiger charge is 2.22. The van der Waals surface area contributed by atoms with Crippen molar-refractivity contribution < 1.29 is 12.9 Å². The molecule has 0 fully saturated rings. The molecular formula is C17H18N4O4S. The van der Waals surface area contributed by atoms with E-state index in [2.05, 4.69) is 14.9 Å². The third kappa shape index (κ3) is 3.73. The number of benzene rings is 1. The molecule has 1 N–H and O–H groups in total. The zero-order chi connectivity index (χ0) is 18.9. The van der Waals surface area contributed by atoms with Crippen LogP contribution in [-0.2, 0) is 17.1 Å². The van der Waals surface area contributed by atoms with Gasteiger partial charge < -0.3 is 9.09 Å². The highest BCUT2D eigenvalue weighted by Crippen LogP contribution is 2.19. The van der Waals surface area contributed by atoms with Crippen LogP contribution in [0.1, 0.15) is 24.4 Å². The first-order chi connectivity index (χ1) is 12.3. The number of aromatic nitrogens is 3. The summed E-state index contributed by atoms with van der Waals surface area (Å²) >= 11 is 0.